The van der Waals surface area contributed by atoms with Crippen LogP contribution in [0, 0.1) is 25.5 Å². The molecule has 0 fully saturated rings. The molecule has 0 spiro atoms. The third kappa shape index (κ3) is 2.84. The molecule has 0 aliphatic carbocycles. The molecule has 2 heterocycles. The first kappa shape index (κ1) is 15.6. The lowest BCUT2D eigenvalue weighted by Gasteiger charge is -2.08. The molecular weight excluding hydrogens is 368 g/mol. The lowest BCUT2D eigenvalue weighted by molar-refractivity contribution is 0.102. The first-order chi connectivity index (χ1) is 10.9. The van der Waals surface area contributed by atoms with Crippen molar-refractivity contribution in [3.63, 3.8) is 0 Å². The van der Waals surface area contributed by atoms with E-state index in [-0.39, 0.29) is 11.4 Å². The monoisotopic (exact) mass is 379 g/mol. The number of amides is 1. The lowest BCUT2D eigenvalue weighted by atomic mass is 10.2. The molecule has 3 aromatic rings. The van der Waals surface area contributed by atoms with Gasteiger partial charge in [0.2, 0.25) is 0 Å². The second-order valence-corrected chi connectivity index (χ2v) is 6.07. The second-order valence-electron chi connectivity index (χ2n) is 5.16. The van der Waals surface area contributed by atoms with Gasteiger partial charge >= 0.3 is 0 Å². The fraction of sp³-hybridized carbons (Fsp3) is 0.125. The summed E-state index contributed by atoms with van der Waals surface area (Å²) < 4.78 is 29.3. The van der Waals surface area contributed by atoms with Crippen LogP contribution in [0.5, 0.6) is 0 Å². The molecule has 0 aliphatic rings. The molecule has 0 radical (unpaired) electrons. The van der Waals surface area contributed by atoms with Crippen LogP contribution in [-0.2, 0) is 0 Å². The highest BCUT2D eigenvalue weighted by molar-refractivity contribution is 9.10. The maximum absolute atomic E-state index is 13.7. The van der Waals surface area contributed by atoms with Crippen molar-refractivity contribution >= 4 is 33.2 Å². The van der Waals surface area contributed by atoms with Crippen LogP contribution in [0.15, 0.2) is 34.9 Å². The molecule has 118 valence electrons. The van der Waals surface area contributed by atoms with Crippen molar-refractivity contribution < 1.29 is 13.6 Å². The Hall–Kier alpha value is -2.28. The summed E-state index contributed by atoms with van der Waals surface area (Å²) >= 11 is 3.37. The third-order valence-electron chi connectivity index (χ3n) is 3.44. The van der Waals surface area contributed by atoms with E-state index in [1.165, 1.54) is 0 Å². The Morgan fingerprint density at radius 2 is 2.00 bits per heavy atom. The summed E-state index contributed by atoms with van der Waals surface area (Å²) in [5, 5.41) is 2.40. The summed E-state index contributed by atoms with van der Waals surface area (Å²) in [4.78, 5) is 16.9. The van der Waals surface area contributed by atoms with E-state index in [1.54, 1.807) is 17.5 Å². The Balaban J connectivity index is 2.08. The number of nitrogens with one attached hydrogen (secondary N) is 1. The van der Waals surface area contributed by atoms with E-state index >= 15 is 0 Å². The molecule has 0 saturated carbocycles. The van der Waals surface area contributed by atoms with Crippen molar-refractivity contribution in [2.75, 3.05) is 5.32 Å². The number of anilines is 1. The van der Waals surface area contributed by atoms with Crippen molar-refractivity contribution in [2.24, 2.45) is 0 Å². The number of aryl methyl sites for hydroxylation is 2. The number of halogens is 3. The summed E-state index contributed by atoms with van der Waals surface area (Å²) in [6.07, 6.45) is 1.71. The second kappa shape index (κ2) is 5.73. The van der Waals surface area contributed by atoms with Gasteiger partial charge in [-0.1, -0.05) is 0 Å². The van der Waals surface area contributed by atoms with E-state index in [2.05, 4.69) is 26.2 Å². The van der Waals surface area contributed by atoms with Gasteiger partial charge in [0.1, 0.15) is 23.0 Å². The highest BCUT2D eigenvalue weighted by Gasteiger charge is 2.19. The molecule has 1 aromatic carbocycles. The minimum Gasteiger partial charge on any atom is -0.318 e. The number of carbonyl (C=O) groups is 1. The van der Waals surface area contributed by atoms with Gasteiger partial charge in [0, 0.05) is 16.7 Å². The predicted octanol–water partition coefficient (Wildman–Crippen LogP) is 4.24. The van der Waals surface area contributed by atoms with E-state index in [0.29, 0.717) is 11.3 Å². The highest BCUT2D eigenvalue weighted by atomic mass is 79.9. The number of benzene rings is 1. The number of carbonyl (C=O) groups excluding carboxylic acids is 1. The number of nitrogens with zero attached hydrogens (tertiary/aromatic N) is 2. The zero-order valence-corrected chi connectivity index (χ0v) is 13.9. The van der Waals surface area contributed by atoms with Gasteiger partial charge in [-0.25, -0.2) is 13.8 Å². The van der Waals surface area contributed by atoms with E-state index in [1.807, 2.05) is 13.0 Å². The van der Waals surface area contributed by atoms with Crippen LogP contribution in [0.4, 0.5) is 14.5 Å². The van der Waals surface area contributed by atoms with Gasteiger partial charge in [-0.3, -0.25) is 9.20 Å². The maximum atomic E-state index is 13.7. The zero-order valence-electron chi connectivity index (χ0n) is 12.3. The SMILES string of the molecule is Cc1nc2c(C)cc(Br)cn2c1C(=O)Nc1cc(F)ccc1F. The zero-order chi connectivity index (χ0) is 16.7. The molecule has 0 aliphatic heterocycles. The lowest BCUT2D eigenvalue weighted by Crippen LogP contribution is -2.16. The largest absolute Gasteiger partial charge is 0.318 e. The van der Waals surface area contributed by atoms with Crippen LogP contribution in [0.3, 0.4) is 0 Å². The van der Waals surface area contributed by atoms with Gasteiger partial charge in [0.05, 0.1) is 11.4 Å². The van der Waals surface area contributed by atoms with Crippen LogP contribution in [0.2, 0.25) is 0 Å². The molecule has 0 bridgehead atoms. The predicted molar refractivity (Wildman–Crippen MR) is 86.7 cm³/mol. The van der Waals surface area contributed by atoms with Crippen molar-refractivity contribution in [1.82, 2.24) is 9.38 Å². The van der Waals surface area contributed by atoms with Crippen LogP contribution in [0.1, 0.15) is 21.7 Å². The fourth-order valence-electron chi connectivity index (χ4n) is 2.43. The highest BCUT2D eigenvalue weighted by Crippen LogP contribution is 2.22. The first-order valence-electron chi connectivity index (χ1n) is 6.78. The van der Waals surface area contributed by atoms with Gasteiger partial charge in [-0.05, 0) is 53.5 Å². The summed E-state index contributed by atoms with van der Waals surface area (Å²) in [6.45, 7) is 3.57. The molecule has 0 saturated heterocycles. The Labute approximate surface area is 139 Å². The number of rotatable bonds is 2. The Morgan fingerprint density at radius 1 is 1.26 bits per heavy atom. The van der Waals surface area contributed by atoms with Crippen LogP contribution in [0.25, 0.3) is 5.65 Å². The van der Waals surface area contributed by atoms with E-state index < -0.39 is 17.5 Å². The number of imidazole rings is 1. The minimum absolute atomic E-state index is 0.212. The Bertz CT molecular complexity index is 937. The number of hydrogen-bond acceptors (Lipinski definition) is 2. The van der Waals surface area contributed by atoms with Crippen LogP contribution < -0.4 is 5.32 Å². The summed E-state index contributed by atoms with van der Waals surface area (Å²) in [5.41, 5.74) is 2.08. The van der Waals surface area contributed by atoms with Gasteiger partial charge in [0.15, 0.2) is 0 Å². The van der Waals surface area contributed by atoms with Gasteiger partial charge in [-0.15, -0.1) is 0 Å². The standard InChI is InChI=1S/C16H12BrF2N3O/c1-8-5-10(17)7-22-14(9(2)20-15(8)22)16(23)21-13-6-11(18)3-4-12(13)19/h3-7H,1-2H3,(H,21,23). The van der Waals surface area contributed by atoms with Crippen molar-refractivity contribution in [3.05, 3.63) is 63.5 Å². The van der Waals surface area contributed by atoms with E-state index in [9.17, 15) is 13.6 Å². The molecule has 0 unspecified atom stereocenters. The van der Waals surface area contributed by atoms with Gasteiger partial charge in [0.25, 0.3) is 5.91 Å². The molecular formula is C16H12BrF2N3O. The Morgan fingerprint density at radius 3 is 2.74 bits per heavy atom. The minimum atomic E-state index is -0.705. The number of hydrogen-bond donors (Lipinski definition) is 1. The van der Waals surface area contributed by atoms with E-state index in [0.717, 1.165) is 28.2 Å². The Kier molecular flexibility index (Phi) is 3.89. The summed E-state index contributed by atoms with van der Waals surface area (Å²) in [7, 11) is 0. The molecule has 4 nitrogen and oxygen atoms in total. The fourth-order valence-corrected chi connectivity index (χ4v) is 2.98. The molecule has 2 aromatic heterocycles. The van der Waals surface area contributed by atoms with Crippen molar-refractivity contribution in [3.8, 4) is 0 Å². The molecule has 23 heavy (non-hydrogen) atoms. The third-order valence-corrected chi connectivity index (χ3v) is 3.87. The average molecular weight is 380 g/mol. The topological polar surface area (TPSA) is 46.4 Å². The number of pyridine rings is 1. The smallest absolute Gasteiger partial charge is 0.274 e. The van der Waals surface area contributed by atoms with Crippen LogP contribution >= 0.6 is 15.9 Å². The maximum Gasteiger partial charge on any atom is 0.274 e. The molecule has 7 heteroatoms. The molecule has 3 rings (SSSR count). The molecule has 1 N–H and O–H groups in total. The molecule has 0 atom stereocenters. The van der Waals surface area contributed by atoms with Crippen molar-refractivity contribution in [1.29, 1.82) is 0 Å². The van der Waals surface area contributed by atoms with E-state index in [4.69, 9.17) is 0 Å². The van der Waals surface area contributed by atoms with Crippen LogP contribution in [-0.4, -0.2) is 15.3 Å². The number of aromatic nitrogens is 2. The first-order valence-corrected chi connectivity index (χ1v) is 7.57. The van der Waals surface area contributed by atoms with Crippen molar-refractivity contribution in [2.45, 2.75) is 13.8 Å². The quantitative estimate of drug-likeness (QED) is 0.723. The average Bonchev–Trinajstić information content (AvgIpc) is 2.79. The molecule has 1 amide bonds. The van der Waals surface area contributed by atoms with Gasteiger partial charge in [-0.2, -0.15) is 0 Å². The summed E-state index contributed by atoms with van der Waals surface area (Å²) in [5.74, 6) is -1.89. The van der Waals surface area contributed by atoms with Gasteiger partial charge < -0.3 is 5.32 Å². The normalized spacial score (nSPS) is 11.0. The number of fused-ring (bicyclic) bond motifs is 1. The summed E-state index contributed by atoms with van der Waals surface area (Å²) in [6, 6.07) is 4.78.